The monoisotopic (exact) mass is 302 g/mol. The van der Waals surface area contributed by atoms with E-state index in [2.05, 4.69) is 19.1 Å². The highest BCUT2D eigenvalue weighted by molar-refractivity contribution is 4.89. The van der Waals surface area contributed by atoms with Crippen molar-refractivity contribution in [2.75, 3.05) is 19.8 Å². The predicted molar refractivity (Wildman–Crippen MR) is 81.1 cm³/mol. The molecule has 0 bridgehead atoms. The molecule has 5 heteroatoms. The molecule has 0 radical (unpaired) electrons. The van der Waals surface area contributed by atoms with Crippen LogP contribution in [0.3, 0.4) is 0 Å². The molecule has 0 aromatic heterocycles. The van der Waals surface area contributed by atoms with E-state index in [-0.39, 0.29) is 6.61 Å². The molecule has 0 saturated carbocycles. The molecule has 0 spiro atoms. The molecule has 0 unspecified atom stereocenters. The third-order valence-corrected chi connectivity index (χ3v) is 3.70. The number of ether oxygens (including phenoxy) is 2. The maximum atomic E-state index is 9.77. The summed E-state index contributed by atoms with van der Waals surface area (Å²) in [7, 11) is 0. The van der Waals surface area contributed by atoms with Crippen molar-refractivity contribution in [3.8, 4) is 0 Å². The van der Waals surface area contributed by atoms with Gasteiger partial charge in [-0.25, -0.2) is 0 Å². The van der Waals surface area contributed by atoms with Gasteiger partial charge in [0.05, 0.1) is 13.2 Å². The lowest BCUT2D eigenvalue weighted by molar-refractivity contribution is -0.0935. The second kappa shape index (κ2) is 11.2. The van der Waals surface area contributed by atoms with Crippen LogP contribution in [0.15, 0.2) is 12.2 Å². The van der Waals surface area contributed by atoms with E-state index >= 15 is 0 Å². The van der Waals surface area contributed by atoms with E-state index in [1.54, 1.807) is 0 Å². The molecule has 1 heterocycles. The van der Waals surface area contributed by atoms with E-state index in [1.165, 1.54) is 19.3 Å². The summed E-state index contributed by atoms with van der Waals surface area (Å²) in [4.78, 5) is 0. The third-order valence-electron chi connectivity index (χ3n) is 3.70. The van der Waals surface area contributed by atoms with Crippen molar-refractivity contribution in [2.24, 2.45) is 0 Å². The van der Waals surface area contributed by atoms with Crippen LogP contribution in [0, 0.1) is 0 Å². The molecular weight excluding hydrogens is 272 g/mol. The highest BCUT2D eigenvalue weighted by Crippen LogP contribution is 2.21. The summed E-state index contributed by atoms with van der Waals surface area (Å²) < 4.78 is 10.9. The van der Waals surface area contributed by atoms with Crippen molar-refractivity contribution in [3.63, 3.8) is 0 Å². The van der Waals surface area contributed by atoms with Gasteiger partial charge in [-0.15, -0.1) is 0 Å². The first-order chi connectivity index (χ1) is 10.2. The van der Waals surface area contributed by atoms with Crippen LogP contribution < -0.4 is 0 Å². The second-order valence-corrected chi connectivity index (χ2v) is 5.56. The minimum Gasteiger partial charge on any atom is -0.394 e. The molecule has 4 atom stereocenters. The average molecular weight is 302 g/mol. The standard InChI is InChI=1S/C16H30O5/c1-2-3-4-5-6-7-8-9-10-20-16-14(19)12-21-15(16)13(18)11-17/h6-7,13-19H,2-5,8-12H2,1H3/b7-6+/t13-,14+,15+,16+/m1/s1. The van der Waals surface area contributed by atoms with Crippen molar-refractivity contribution >= 4 is 0 Å². The van der Waals surface area contributed by atoms with Crippen LogP contribution >= 0.6 is 0 Å². The third kappa shape index (κ3) is 6.89. The molecule has 0 amide bonds. The normalized spacial score (nSPS) is 27.5. The summed E-state index contributed by atoms with van der Waals surface area (Å²) in [5.41, 5.74) is 0. The van der Waals surface area contributed by atoms with E-state index in [0.29, 0.717) is 6.61 Å². The number of hydrogen-bond donors (Lipinski definition) is 3. The van der Waals surface area contributed by atoms with Gasteiger partial charge in [0.2, 0.25) is 0 Å². The number of hydrogen-bond acceptors (Lipinski definition) is 5. The van der Waals surface area contributed by atoms with Gasteiger partial charge in [-0.05, 0) is 25.7 Å². The molecule has 1 rings (SSSR count). The zero-order valence-corrected chi connectivity index (χ0v) is 13.0. The Bertz CT molecular complexity index is 282. The Morgan fingerprint density at radius 2 is 1.95 bits per heavy atom. The molecular formula is C16H30O5. The summed E-state index contributed by atoms with van der Waals surface area (Å²) >= 11 is 0. The summed E-state index contributed by atoms with van der Waals surface area (Å²) in [6.45, 7) is 2.46. The first-order valence-electron chi connectivity index (χ1n) is 8.05. The van der Waals surface area contributed by atoms with Crippen LogP contribution in [-0.2, 0) is 9.47 Å². The fourth-order valence-electron chi connectivity index (χ4n) is 2.43. The molecule has 1 aliphatic heterocycles. The summed E-state index contributed by atoms with van der Waals surface area (Å²) in [6, 6.07) is 0. The number of allylic oxidation sites excluding steroid dienone is 2. The van der Waals surface area contributed by atoms with Gasteiger partial charge in [-0.3, -0.25) is 0 Å². The van der Waals surface area contributed by atoms with Gasteiger partial charge in [0.15, 0.2) is 0 Å². The van der Waals surface area contributed by atoms with Crippen molar-refractivity contribution in [1.29, 1.82) is 0 Å². The molecule has 5 nitrogen and oxygen atoms in total. The van der Waals surface area contributed by atoms with Gasteiger partial charge in [0.25, 0.3) is 0 Å². The lowest BCUT2D eigenvalue weighted by atomic mass is 10.1. The predicted octanol–water partition coefficient (Wildman–Crippen LogP) is 1.40. The largest absolute Gasteiger partial charge is 0.394 e. The quantitative estimate of drug-likeness (QED) is 0.397. The minimum absolute atomic E-state index is 0.143. The van der Waals surface area contributed by atoms with Crippen LogP contribution in [0.2, 0.25) is 0 Å². The SMILES string of the molecule is CCCCC/C=C/CCCO[C@@H]1[C@H]([C@H](O)CO)OC[C@@H]1O. The molecule has 1 aliphatic rings. The number of unbranched alkanes of at least 4 members (excludes halogenated alkanes) is 4. The maximum absolute atomic E-state index is 9.77. The highest BCUT2D eigenvalue weighted by Gasteiger charge is 2.40. The number of aliphatic hydroxyl groups excluding tert-OH is 3. The van der Waals surface area contributed by atoms with Crippen LogP contribution in [0.5, 0.6) is 0 Å². The minimum atomic E-state index is -1.01. The van der Waals surface area contributed by atoms with E-state index in [0.717, 1.165) is 19.3 Å². The zero-order valence-electron chi connectivity index (χ0n) is 13.0. The van der Waals surface area contributed by atoms with Crippen molar-refractivity contribution in [1.82, 2.24) is 0 Å². The molecule has 124 valence electrons. The molecule has 3 N–H and O–H groups in total. The Kier molecular flexibility index (Phi) is 9.87. The van der Waals surface area contributed by atoms with Gasteiger partial charge in [0, 0.05) is 6.61 Å². The topological polar surface area (TPSA) is 79.2 Å². The molecule has 0 aliphatic carbocycles. The van der Waals surface area contributed by atoms with Crippen LogP contribution in [0.1, 0.15) is 45.4 Å². The van der Waals surface area contributed by atoms with Gasteiger partial charge in [-0.1, -0.05) is 31.9 Å². The van der Waals surface area contributed by atoms with E-state index < -0.39 is 31.0 Å². The lowest BCUT2D eigenvalue weighted by Crippen LogP contribution is -2.42. The first-order valence-corrected chi connectivity index (χ1v) is 8.05. The fraction of sp³-hybridized carbons (Fsp3) is 0.875. The van der Waals surface area contributed by atoms with Gasteiger partial charge in [-0.2, -0.15) is 0 Å². The molecule has 1 saturated heterocycles. The smallest absolute Gasteiger partial charge is 0.114 e. The average Bonchev–Trinajstić information content (AvgIpc) is 2.86. The van der Waals surface area contributed by atoms with E-state index in [9.17, 15) is 10.2 Å². The Balaban J connectivity index is 2.13. The van der Waals surface area contributed by atoms with Crippen LogP contribution in [0.25, 0.3) is 0 Å². The van der Waals surface area contributed by atoms with E-state index in [4.69, 9.17) is 14.6 Å². The Morgan fingerprint density at radius 1 is 1.24 bits per heavy atom. The molecule has 0 aromatic carbocycles. The summed E-state index contributed by atoms with van der Waals surface area (Å²) in [5, 5.41) is 28.3. The van der Waals surface area contributed by atoms with Crippen molar-refractivity contribution in [3.05, 3.63) is 12.2 Å². The molecule has 21 heavy (non-hydrogen) atoms. The molecule has 0 aromatic rings. The van der Waals surface area contributed by atoms with Crippen molar-refractivity contribution < 1.29 is 24.8 Å². The molecule has 1 fully saturated rings. The van der Waals surface area contributed by atoms with Crippen molar-refractivity contribution in [2.45, 2.75) is 69.9 Å². The Hall–Kier alpha value is -0.460. The van der Waals surface area contributed by atoms with Gasteiger partial charge in [0.1, 0.15) is 24.4 Å². The van der Waals surface area contributed by atoms with Crippen LogP contribution in [-0.4, -0.2) is 59.6 Å². The van der Waals surface area contributed by atoms with Crippen LogP contribution in [0.4, 0.5) is 0 Å². The summed E-state index contributed by atoms with van der Waals surface area (Å²) in [6.07, 6.45) is 8.16. The number of rotatable bonds is 11. The van der Waals surface area contributed by atoms with Gasteiger partial charge < -0.3 is 24.8 Å². The van der Waals surface area contributed by atoms with Gasteiger partial charge >= 0.3 is 0 Å². The maximum Gasteiger partial charge on any atom is 0.114 e. The summed E-state index contributed by atoms with van der Waals surface area (Å²) in [5.74, 6) is 0. The second-order valence-electron chi connectivity index (χ2n) is 5.56. The first kappa shape index (κ1) is 18.6. The fourth-order valence-corrected chi connectivity index (χ4v) is 2.43. The Morgan fingerprint density at radius 3 is 2.62 bits per heavy atom. The zero-order chi connectivity index (χ0) is 15.5. The highest BCUT2D eigenvalue weighted by atomic mass is 16.6. The van der Waals surface area contributed by atoms with E-state index in [1.807, 2.05) is 0 Å². The lowest BCUT2D eigenvalue weighted by Gasteiger charge is -2.23. The number of aliphatic hydroxyl groups is 3. The Labute approximate surface area is 127 Å².